The molecule has 0 spiro atoms. The van der Waals surface area contributed by atoms with Crippen LogP contribution in [0, 0.1) is 0 Å². The Labute approximate surface area is 140 Å². The molecule has 0 atom stereocenters. The van der Waals surface area contributed by atoms with Crippen LogP contribution >= 0.6 is 34.8 Å². The standard InChI is InChI=1S/C16H19Cl3N2/c17-8-7-16-20-14-9-12(18)13(19)10-15(14)21(16)11-5-3-1-2-4-6-11/h9-11H,1-8H2. The van der Waals surface area contributed by atoms with E-state index in [0.29, 0.717) is 22.0 Å². The zero-order chi connectivity index (χ0) is 14.8. The van der Waals surface area contributed by atoms with Crippen molar-refractivity contribution >= 4 is 45.8 Å². The number of hydrogen-bond donors (Lipinski definition) is 0. The van der Waals surface area contributed by atoms with E-state index in [1.54, 1.807) is 0 Å². The fourth-order valence-electron chi connectivity index (χ4n) is 3.32. The highest BCUT2D eigenvalue weighted by molar-refractivity contribution is 6.42. The molecule has 0 unspecified atom stereocenters. The van der Waals surface area contributed by atoms with E-state index in [4.69, 9.17) is 39.8 Å². The van der Waals surface area contributed by atoms with Crippen LogP contribution in [0.3, 0.4) is 0 Å². The van der Waals surface area contributed by atoms with E-state index < -0.39 is 0 Å². The lowest BCUT2D eigenvalue weighted by molar-refractivity contribution is 0.441. The van der Waals surface area contributed by atoms with E-state index in [1.807, 2.05) is 12.1 Å². The number of aryl methyl sites for hydroxylation is 1. The van der Waals surface area contributed by atoms with Crippen molar-refractivity contribution < 1.29 is 0 Å². The van der Waals surface area contributed by atoms with E-state index in [1.165, 1.54) is 38.5 Å². The van der Waals surface area contributed by atoms with Gasteiger partial charge in [0.1, 0.15) is 5.82 Å². The van der Waals surface area contributed by atoms with Crippen molar-refractivity contribution in [3.05, 3.63) is 28.0 Å². The maximum Gasteiger partial charge on any atom is 0.111 e. The molecular weight excluding hydrogens is 327 g/mol. The van der Waals surface area contributed by atoms with Crippen molar-refractivity contribution in [2.24, 2.45) is 0 Å². The highest BCUT2D eigenvalue weighted by atomic mass is 35.5. The first-order valence-corrected chi connectivity index (χ1v) is 8.91. The van der Waals surface area contributed by atoms with Gasteiger partial charge in [-0.1, -0.05) is 48.9 Å². The first-order chi connectivity index (χ1) is 10.2. The normalized spacial score (nSPS) is 17.3. The second-order valence-corrected chi connectivity index (χ2v) is 6.93. The lowest BCUT2D eigenvalue weighted by Crippen LogP contribution is -2.12. The Morgan fingerprint density at radius 3 is 2.38 bits per heavy atom. The number of nitrogens with zero attached hydrogens (tertiary/aromatic N) is 2. The molecule has 3 rings (SSSR count). The van der Waals surface area contributed by atoms with Crippen molar-refractivity contribution in [3.8, 4) is 0 Å². The Morgan fingerprint density at radius 1 is 1.05 bits per heavy atom. The summed E-state index contributed by atoms with van der Waals surface area (Å²) in [6.07, 6.45) is 8.43. The van der Waals surface area contributed by atoms with Gasteiger partial charge in [-0.25, -0.2) is 4.98 Å². The van der Waals surface area contributed by atoms with Crippen LogP contribution in [0.5, 0.6) is 0 Å². The Bertz CT molecular complexity index is 628. The van der Waals surface area contributed by atoms with Crippen LogP contribution in [-0.4, -0.2) is 15.4 Å². The summed E-state index contributed by atoms with van der Waals surface area (Å²) in [6, 6.07) is 4.33. The second kappa shape index (κ2) is 6.76. The number of benzene rings is 1. The van der Waals surface area contributed by atoms with Crippen LogP contribution in [-0.2, 0) is 6.42 Å². The summed E-state index contributed by atoms with van der Waals surface area (Å²) < 4.78 is 2.37. The molecular formula is C16H19Cl3N2. The number of alkyl halides is 1. The summed E-state index contributed by atoms with van der Waals surface area (Å²) in [5.74, 6) is 1.64. The van der Waals surface area contributed by atoms with E-state index in [-0.39, 0.29) is 0 Å². The molecule has 0 bridgehead atoms. The summed E-state index contributed by atoms with van der Waals surface area (Å²) in [5, 5.41) is 1.16. The Kier molecular flexibility index (Phi) is 4.98. The quantitative estimate of drug-likeness (QED) is 0.491. The van der Waals surface area contributed by atoms with E-state index in [0.717, 1.165) is 23.3 Å². The van der Waals surface area contributed by atoms with Gasteiger partial charge in [-0.2, -0.15) is 0 Å². The zero-order valence-corrected chi connectivity index (χ0v) is 14.2. The third kappa shape index (κ3) is 3.18. The summed E-state index contributed by atoms with van der Waals surface area (Å²) >= 11 is 18.3. The predicted molar refractivity (Wildman–Crippen MR) is 90.9 cm³/mol. The highest BCUT2D eigenvalue weighted by Crippen LogP contribution is 2.35. The molecule has 114 valence electrons. The fourth-order valence-corrected chi connectivity index (χ4v) is 3.81. The number of rotatable bonds is 3. The molecule has 0 radical (unpaired) electrons. The highest BCUT2D eigenvalue weighted by Gasteiger charge is 2.21. The van der Waals surface area contributed by atoms with E-state index in [2.05, 4.69) is 4.57 Å². The van der Waals surface area contributed by atoms with Gasteiger partial charge < -0.3 is 4.57 Å². The van der Waals surface area contributed by atoms with Crippen molar-refractivity contribution in [1.29, 1.82) is 0 Å². The minimum Gasteiger partial charge on any atom is -0.325 e. The van der Waals surface area contributed by atoms with Gasteiger partial charge in [0.2, 0.25) is 0 Å². The van der Waals surface area contributed by atoms with Gasteiger partial charge >= 0.3 is 0 Å². The van der Waals surface area contributed by atoms with E-state index >= 15 is 0 Å². The first-order valence-electron chi connectivity index (χ1n) is 7.62. The smallest absolute Gasteiger partial charge is 0.111 e. The summed E-state index contributed by atoms with van der Waals surface area (Å²) in [5.41, 5.74) is 2.02. The molecule has 0 N–H and O–H groups in total. The average Bonchev–Trinajstić information content (AvgIpc) is 2.66. The molecule has 2 nitrogen and oxygen atoms in total. The largest absolute Gasteiger partial charge is 0.325 e. The number of imidazole rings is 1. The van der Waals surface area contributed by atoms with Crippen molar-refractivity contribution in [2.45, 2.75) is 51.0 Å². The molecule has 2 aromatic rings. The van der Waals surface area contributed by atoms with Crippen molar-refractivity contribution in [2.75, 3.05) is 5.88 Å². The Hall–Kier alpha value is -0.440. The number of hydrogen-bond acceptors (Lipinski definition) is 1. The molecule has 1 saturated carbocycles. The maximum absolute atomic E-state index is 6.22. The van der Waals surface area contributed by atoms with Gasteiger partial charge in [0.25, 0.3) is 0 Å². The van der Waals surface area contributed by atoms with Crippen LogP contribution in [0.1, 0.15) is 50.4 Å². The SMILES string of the molecule is ClCCc1nc2cc(Cl)c(Cl)cc2n1C1CCCCCC1. The summed E-state index contributed by atoms with van der Waals surface area (Å²) in [4.78, 5) is 4.75. The average molecular weight is 346 g/mol. The van der Waals surface area contributed by atoms with Gasteiger partial charge in [-0.3, -0.25) is 0 Å². The third-order valence-corrected chi connectivity index (χ3v) is 5.22. The van der Waals surface area contributed by atoms with Crippen LogP contribution < -0.4 is 0 Å². The number of aromatic nitrogens is 2. The van der Waals surface area contributed by atoms with Crippen LogP contribution in [0.2, 0.25) is 10.0 Å². The van der Waals surface area contributed by atoms with Crippen LogP contribution in [0.4, 0.5) is 0 Å². The lowest BCUT2D eigenvalue weighted by atomic mass is 10.1. The molecule has 1 aliphatic rings. The summed E-state index contributed by atoms with van der Waals surface area (Å²) in [6.45, 7) is 0. The lowest BCUT2D eigenvalue weighted by Gasteiger charge is -2.20. The zero-order valence-electron chi connectivity index (χ0n) is 11.9. The fraction of sp³-hybridized carbons (Fsp3) is 0.562. The number of halogens is 3. The van der Waals surface area contributed by atoms with Crippen LogP contribution in [0.15, 0.2) is 12.1 Å². The van der Waals surface area contributed by atoms with Gasteiger partial charge in [0.05, 0.1) is 21.1 Å². The van der Waals surface area contributed by atoms with Gasteiger partial charge in [-0.15, -0.1) is 11.6 Å². The van der Waals surface area contributed by atoms with Crippen LogP contribution in [0.25, 0.3) is 11.0 Å². The third-order valence-electron chi connectivity index (χ3n) is 4.31. The summed E-state index contributed by atoms with van der Waals surface area (Å²) in [7, 11) is 0. The molecule has 1 aliphatic carbocycles. The molecule has 1 aromatic heterocycles. The Balaban J connectivity index is 2.12. The molecule has 21 heavy (non-hydrogen) atoms. The molecule has 1 aromatic carbocycles. The Morgan fingerprint density at radius 2 is 1.71 bits per heavy atom. The molecule has 0 saturated heterocycles. The second-order valence-electron chi connectivity index (χ2n) is 5.74. The molecule has 1 heterocycles. The van der Waals surface area contributed by atoms with Crippen molar-refractivity contribution in [1.82, 2.24) is 9.55 Å². The predicted octanol–water partition coefficient (Wildman–Crippen LogP) is 6.02. The minimum atomic E-state index is 0.507. The maximum atomic E-state index is 6.22. The van der Waals surface area contributed by atoms with Gasteiger partial charge in [0, 0.05) is 18.3 Å². The number of fused-ring (bicyclic) bond motifs is 1. The molecule has 0 amide bonds. The van der Waals surface area contributed by atoms with E-state index in [9.17, 15) is 0 Å². The minimum absolute atomic E-state index is 0.507. The topological polar surface area (TPSA) is 17.8 Å². The van der Waals surface area contributed by atoms with Gasteiger partial charge in [-0.05, 0) is 25.0 Å². The molecule has 0 aliphatic heterocycles. The molecule has 5 heteroatoms. The first kappa shape index (κ1) is 15.5. The van der Waals surface area contributed by atoms with Gasteiger partial charge in [0.15, 0.2) is 0 Å². The monoisotopic (exact) mass is 344 g/mol. The van der Waals surface area contributed by atoms with Crippen molar-refractivity contribution in [3.63, 3.8) is 0 Å². The molecule has 1 fully saturated rings.